The van der Waals surface area contributed by atoms with Gasteiger partial charge in [-0.3, -0.25) is 0 Å². The molecule has 0 radical (unpaired) electrons. The van der Waals surface area contributed by atoms with E-state index in [1.54, 1.807) is 0 Å². The number of rotatable bonds is 0. The molecule has 0 rings (SSSR count). The summed E-state index contributed by atoms with van der Waals surface area (Å²) in [6, 6.07) is 0. The second kappa shape index (κ2) is 63.6. The fourth-order valence-electron chi connectivity index (χ4n) is 0. The summed E-state index contributed by atoms with van der Waals surface area (Å²) in [7, 11) is 4.64. The second-order valence-corrected chi connectivity index (χ2v) is 0. The molecule has 0 amide bonds. The first kappa shape index (κ1) is 8.82. The molecule has 0 unspecified atom stereocenters. The molecule has 0 heterocycles. The number of hydrogen-bond acceptors (Lipinski definition) is 0. The topological polar surface area (TPSA) is 0 Å². The fraction of sp³-hybridized carbons (Fsp3) is 0. The van der Waals surface area contributed by atoms with Gasteiger partial charge in [0, 0.05) is 0 Å². The van der Waals surface area contributed by atoms with Crippen molar-refractivity contribution in [2.45, 2.75) is 0 Å². The van der Waals surface area contributed by atoms with Crippen LogP contribution in [-0.4, -0.2) is 16.7 Å². The Morgan fingerprint density at radius 2 is 1.25 bits per heavy atom. The van der Waals surface area contributed by atoms with E-state index in [1.807, 2.05) is 0 Å². The molecule has 0 aliphatic rings. The molecule has 0 nitrogen and oxygen atoms in total. The van der Waals surface area contributed by atoms with E-state index in [9.17, 15) is 0 Å². The average molecular weight is 70.4 g/mol. The van der Waals surface area contributed by atoms with Crippen LogP contribution < -0.4 is 0 Å². The molecule has 0 atom stereocenters. The van der Waals surface area contributed by atoms with Crippen LogP contribution in [0.5, 0.6) is 0 Å². The zero-order valence-electron chi connectivity index (χ0n) is 2.79. The van der Waals surface area contributed by atoms with Gasteiger partial charge in [0.05, 0.1) is 0 Å². The van der Waals surface area contributed by atoms with E-state index >= 15 is 0 Å². The van der Waals surface area contributed by atoms with Crippen molar-refractivity contribution in [3.8, 4) is 0 Å². The van der Waals surface area contributed by atoms with E-state index < -0.39 is 0 Å². The van der Waals surface area contributed by atoms with Crippen LogP contribution in [0.1, 0.15) is 0 Å². The molecule has 0 saturated heterocycles. The van der Waals surface area contributed by atoms with E-state index in [2.05, 4.69) is 23.0 Å². The zero-order chi connectivity index (χ0) is 4.00. The minimum atomic E-state index is 1.47. The van der Waals surface area contributed by atoms with Crippen LogP contribution >= 0.6 is 9.80 Å². The summed E-state index contributed by atoms with van der Waals surface area (Å²) < 4.78 is 0. The summed E-state index contributed by atoms with van der Waals surface area (Å²) in [5.74, 6) is 0. The van der Waals surface area contributed by atoms with Crippen LogP contribution in [0.2, 0.25) is 0 Å². The summed E-state index contributed by atoms with van der Waals surface area (Å²) in [5.41, 5.74) is 0. The van der Waals surface area contributed by atoms with E-state index in [-0.39, 0.29) is 0 Å². The molecule has 4 heavy (non-hydrogen) atoms. The fourth-order valence-corrected chi connectivity index (χ4v) is 0. The maximum atomic E-state index is 4.64. The molecule has 20 valence electrons. The molecule has 0 bridgehead atoms. The van der Waals surface area contributed by atoms with E-state index in [1.165, 1.54) is 16.7 Å². The Morgan fingerprint density at radius 1 is 1.25 bits per heavy atom. The third-order valence-electron chi connectivity index (χ3n) is 0. The third kappa shape index (κ3) is 17.7. The number of hydrogen-bond donors (Lipinski definition) is 0. The van der Waals surface area contributed by atoms with Gasteiger partial charge in [0.25, 0.3) is 0 Å². The Kier molecular flexibility index (Phi) is 140. The first-order valence-electron chi connectivity index (χ1n) is 0.878. The molecule has 0 saturated carbocycles. The van der Waals surface area contributed by atoms with Crippen LogP contribution in [0.4, 0.5) is 0 Å². The Bertz CT molecular complexity index is 6.00. The summed E-state index contributed by atoms with van der Waals surface area (Å²) in [6.45, 7) is 6.00. The van der Waals surface area contributed by atoms with Gasteiger partial charge in [0.1, 0.15) is 0 Å². The van der Waals surface area contributed by atoms with Gasteiger partial charge in [-0.25, -0.2) is 0 Å². The molecular formula is C2H4ClLi. The molecule has 0 N–H and O–H groups in total. The van der Waals surface area contributed by atoms with Crippen molar-refractivity contribution < 1.29 is 0 Å². The second-order valence-electron chi connectivity index (χ2n) is 0. The quantitative estimate of drug-likeness (QED) is 0.296. The summed E-state index contributed by atoms with van der Waals surface area (Å²) in [4.78, 5) is 0. The van der Waals surface area contributed by atoms with Gasteiger partial charge in [-0.15, -0.1) is 13.2 Å². The van der Waals surface area contributed by atoms with Gasteiger partial charge in [-0.05, 0) is 0 Å². The summed E-state index contributed by atoms with van der Waals surface area (Å²) >= 11 is 1.47. The van der Waals surface area contributed by atoms with Crippen molar-refractivity contribution in [3.63, 3.8) is 0 Å². The van der Waals surface area contributed by atoms with Gasteiger partial charge in [0.2, 0.25) is 0 Å². The molecule has 0 fully saturated rings. The van der Waals surface area contributed by atoms with Gasteiger partial charge < -0.3 is 0 Å². The molecule has 0 aliphatic heterocycles. The Hall–Kier alpha value is 0.627. The molecule has 0 spiro atoms. The van der Waals surface area contributed by atoms with Crippen molar-refractivity contribution in [1.82, 2.24) is 0 Å². The van der Waals surface area contributed by atoms with Gasteiger partial charge in [-0.2, -0.15) is 0 Å². The van der Waals surface area contributed by atoms with Crippen LogP contribution in [0, 0.1) is 0 Å². The van der Waals surface area contributed by atoms with Crippen molar-refractivity contribution in [2.24, 2.45) is 0 Å². The zero-order valence-corrected chi connectivity index (χ0v) is 3.55. The molecule has 2 heteroatoms. The van der Waals surface area contributed by atoms with Gasteiger partial charge >= 0.3 is 26.5 Å². The molecule has 0 aromatic rings. The van der Waals surface area contributed by atoms with Crippen LogP contribution in [-0.2, 0) is 0 Å². The molecule has 0 aromatic heterocycles. The van der Waals surface area contributed by atoms with Crippen LogP contribution in [0.15, 0.2) is 13.2 Å². The van der Waals surface area contributed by atoms with Crippen molar-refractivity contribution >= 4 is 26.5 Å². The maximum absolute atomic E-state index is 4.64. The van der Waals surface area contributed by atoms with Crippen molar-refractivity contribution in [2.75, 3.05) is 0 Å². The van der Waals surface area contributed by atoms with Gasteiger partial charge in [-0.1, -0.05) is 0 Å². The SMILES string of the molecule is C=C.[Li][Cl]. The van der Waals surface area contributed by atoms with E-state index in [0.717, 1.165) is 0 Å². The Balaban J connectivity index is 0. The Labute approximate surface area is 40.1 Å². The van der Waals surface area contributed by atoms with Crippen LogP contribution in [0.25, 0.3) is 0 Å². The predicted octanol–water partition coefficient (Wildman–Crippen LogP) is 1.11. The Morgan fingerprint density at radius 3 is 1.25 bits per heavy atom. The third-order valence-corrected chi connectivity index (χ3v) is 0. The van der Waals surface area contributed by atoms with E-state index in [4.69, 9.17) is 0 Å². The first-order chi connectivity index (χ1) is 2.00. The minimum absolute atomic E-state index is 1.47. The predicted molar refractivity (Wildman–Crippen MR) is 22.9 cm³/mol. The normalized spacial score (nSPS) is 2.75. The monoisotopic (exact) mass is 70.0 g/mol. The molecule has 0 aliphatic carbocycles. The summed E-state index contributed by atoms with van der Waals surface area (Å²) in [5, 5.41) is 0. The van der Waals surface area contributed by atoms with Crippen molar-refractivity contribution in [3.05, 3.63) is 13.2 Å². The molecule has 0 aromatic carbocycles. The summed E-state index contributed by atoms with van der Waals surface area (Å²) in [6.07, 6.45) is 0. The van der Waals surface area contributed by atoms with E-state index in [0.29, 0.717) is 0 Å². The standard InChI is InChI=1S/C2H4.ClH.Li/c1-2;;/h1-2H2;1H;/q;;+1/p-1. The number of halogens is 1. The van der Waals surface area contributed by atoms with Crippen LogP contribution in [0.3, 0.4) is 0 Å². The van der Waals surface area contributed by atoms with Gasteiger partial charge in [0.15, 0.2) is 0 Å². The molecular weight excluding hydrogens is 66.4 g/mol. The first-order valence-corrected chi connectivity index (χ1v) is 1.63. The van der Waals surface area contributed by atoms with Crippen molar-refractivity contribution in [1.29, 1.82) is 0 Å². The average Bonchev–Trinajstić information content (AvgIpc) is 1.50.